The maximum Gasteiger partial charge on any atom is 0.247 e. The smallest absolute Gasteiger partial charge is 0.247 e. The van der Waals surface area contributed by atoms with Crippen LogP contribution in [0.5, 0.6) is 0 Å². The zero-order chi connectivity index (χ0) is 12.4. The van der Waals surface area contributed by atoms with E-state index in [9.17, 15) is 9.59 Å². The molecule has 1 N–H and O–H groups in total. The highest BCUT2D eigenvalue weighted by Gasteiger charge is 2.34. The van der Waals surface area contributed by atoms with Gasteiger partial charge in [-0.05, 0) is 18.6 Å². The molecule has 0 saturated heterocycles. The number of hydrogen-bond acceptors (Lipinski definition) is 2. The summed E-state index contributed by atoms with van der Waals surface area (Å²) in [5.74, 6) is -0.538. The number of rotatable bonds is 2. The van der Waals surface area contributed by atoms with Crippen molar-refractivity contribution in [1.82, 2.24) is 0 Å². The Kier molecular flexibility index (Phi) is 3.33. The molecule has 4 nitrogen and oxygen atoms in total. The van der Waals surface area contributed by atoms with E-state index in [2.05, 4.69) is 5.32 Å². The summed E-state index contributed by atoms with van der Waals surface area (Å²) in [5, 5.41) is 2.79. The monoisotopic (exact) mass is 252 g/mol. The number of benzene rings is 1. The van der Waals surface area contributed by atoms with Gasteiger partial charge in [0.25, 0.3) is 0 Å². The van der Waals surface area contributed by atoms with Crippen LogP contribution in [0.15, 0.2) is 24.3 Å². The quantitative estimate of drug-likeness (QED) is 0.819. The van der Waals surface area contributed by atoms with Crippen molar-refractivity contribution in [2.45, 2.75) is 19.4 Å². The minimum Gasteiger partial charge on any atom is -0.322 e. The molecule has 5 heteroatoms. The topological polar surface area (TPSA) is 49.4 Å². The summed E-state index contributed by atoms with van der Waals surface area (Å²) >= 11 is 5.60. The van der Waals surface area contributed by atoms with Crippen LogP contribution in [0.3, 0.4) is 0 Å². The number of fused-ring (bicyclic) bond motifs is 1. The van der Waals surface area contributed by atoms with Gasteiger partial charge in [-0.1, -0.05) is 19.1 Å². The Hall–Kier alpha value is -1.55. The normalized spacial score (nSPS) is 18.6. The van der Waals surface area contributed by atoms with Gasteiger partial charge in [0.1, 0.15) is 11.9 Å². The molecule has 17 heavy (non-hydrogen) atoms. The van der Waals surface area contributed by atoms with Gasteiger partial charge in [0.2, 0.25) is 11.8 Å². The maximum absolute atomic E-state index is 11.9. The molecule has 0 spiro atoms. The highest BCUT2D eigenvalue weighted by atomic mass is 35.5. The first-order valence-electron chi connectivity index (χ1n) is 5.47. The first kappa shape index (κ1) is 11.9. The van der Waals surface area contributed by atoms with Crippen molar-refractivity contribution in [2.24, 2.45) is 0 Å². The van der Waals surface area contributed by atoms with Crippen LogP contribution >= 0.6 is 11.6 Å². The zero-order valence-electron chi connectivity index (χ0n) is 9.44. The molecule has 0 radical (unpaired) electrons. The number of halogens is 1. The van der Waals surface area contributed by atoms with E-state index in [-0.39, 0.29) is 17.7 Å². The molecule has 1 aromatic carbocycles. The van der Waals surface area contributed by atoms with E-state index in [1.807, 2.05) is 25.1 Å². The number of para-hydroxylation sites is 2. The Balaban J connectivity index is 2.50. The van der Waals surface area contributed by atoms with Crippen molar-refractivity contribution in [1.29, 1.82) is 0 Å². The number of alkyl halides is 1. The van der Waals surface area contributed by atoms with Gasteiger partial charge in [0.05, 0.1) is 11.4 Å². The fraction of sp³-hybridized carbons (Fsp3) is 0.333. The minimum atomic E-state index is -0.476. The predicted molar refractivity (Wildman–Crippen MR) is 67.4 cm³/mol. The highest BCUT2D eigenvalue weighted by molar-refractivity contribution is 6.30. The SMILES string of the molecule is CCC1C(=O)Nc2ccccc2N1C(=O)CCl. The molecule has 1 atom stereocenters. The van der Waals surface area contributed by atoms with E-state index < -0.39 is 6.04 Å². The van der Waals surface area contributed by atoms with Crippen LogP contribution in [-0.4, -0.2) is 23.7 Å². The Morgan fingerprint density at radius 2 is 2.18 bits per heavy atom. The van der Waals surface area contributed by atoms with Crippen LogP contribution in [0.1, 0.15) is 13.3 Å². The summed E-state index contributed by atoms with van der Waals surface area (Å²) in [6, 6.07) is 6.75. The summed E-state index contributed by atoms with van der Waals surface area (Å²) in [4.78, 5) is 25.2. The van der Waals surface area contributed by atoms with Crippen LogP contribution in [0.4, 0.5) is 11.4 Å². The third-order valence-electron chi connectivity index (χ3n) is 2.81. The van der Waals surface area contributed by atoms with Gasteiger partial charge < -0.3 is 5.32 Å². The maximum atomic E-state index is 11.9. The molecule has 0 aromatic heterocycles. The molecule has 1 aliphatic rings. The molecular weight excluding hydrogens is 240 g/mol. The molecular formula is C12H13ClN2O2. The lowest BCUT2D eigenvalue weighted by molar-refractivity contribution is -0.122. The summed E-state index contributed by atoms with van der Waals surface area (Å²) in [6.45, 7) is 1.87. The third-order valence-corrected chi connectivity index (χ3v) is 3.03. The van der Waals surface area contributed by atoms with Crippen LogP contribution in [0.2, 0.25) is 0 Å². The van der Waals surface area contributed by atoms with Crippen molar-refractivity contribution >= 4 is 34.8 Å². The second kappa shape index (κ2) is 4.75. The van der Waals surface area contributed by atoms with Crippen LogP contribution in [-0.2, 0) is 9.59 Å². The predicted octanol–water partition coefficient (Wildman–Crippen LogP) is 1.99. The summed E-state index contributed by atoms with van der Waals surface area (Å²) in [6.07, 6.45) is 0.558. The molecule has 0 bridgehead atoms. The first-order valence-corrected chi connectivity index (χ1v) is 6.00. The molecule has 2 rings (SSSR count). The Morgan fingerprint density at radius 1 is 1.47 bits per heavy atom. The van der Waals surface area contributed by atoms with Crippen LogP contribution in [0.25, 0.3) is 0 Å². The zero-order valence-corrected chi connectivity index (χ0v) is 10.2. The average Bonchev–Trinajstić information content (AvgIpc) is 2.36. The molecule has 1 aromatic rings. The lowest BCUT2D eigenvalue weighted by Crippen LogP contribution is -2.51. The molecule has 0 fully saturated rings. The number of nitrogens with one attached hydrogen (secondary N) is 1. The molecule has 1 aliphatic heterocycles. The molecule has 2 amide bonds. The standard InChI is InChI=1S/C12H13ClN2O2/c1-2-9-12(17)14-8-5-3-4-6-10(8)15(9)11(16)7-13/h3-6,9H,2,7H2,1H3,(H,14,17). The summed E-state index contributed by atoms with van der Waals surface area (Å²) < 4.78 is 0. The number of nitrogens with zero attached hydrogens (tertiary/aromatic N) is 1. The molecule has 1 unspecified atom stereocenters. The second-order valence-electron chi connectivity index (χ2n) is 3.83. The highest BCUT2D eigenvalue weighted by Crippen LogP contribution is 2.32. The first-order chi connectivity index (χ1) is 8.19. The molecule has 0 aliphatic carbocycles. The van der Waals surface area contributed by atoms with E-state index in [0.29, 0.717) is 17.8 Å². The second-order valence-corrected chi connectivity index (χ2v) is 4.10. The van der Waals surface area contributed by atoms with E-state index >= 15 is 0 Å². The Labute approximate surface area is 105 Å². The Bertz CT molecular complexity index is 462. The summed E-state index contributed by atoms with van der Waals surface area (Å²) in [5.41, 5.74) is 1.37. The van der Waals surface area contributed by atoms with E-state index in [0.717, 1.165) is 0 Å². The van der Waals surface area contributed by atoms with Gasteiger partial charge in [-0.25, -0.2) is 0 Å². The van der Waals surface area contributed by atoms with E-state index in [4.69, 9.17) is 11.6 Å². The molecule has 90 valence electrons. The van der Waals surface area contributed by atoms with Crippen LogP contribution < -0.4 is 10.2 Å². The average molecular weight is 253 g/mol. The summed E-state index contributed by atoms with van der Waals surface area (Å²) in [7, 11) is 0. The van der Waals surface area contributed by atoms with Gasteiger partial charge in [-0.2, -0.15) is 0 Å². The van der Waals surface area contributed by atoms with Crippen molar-refractivity contribution in [3.05, 3.63) is 24.3 Å². The number of carbonyl (C=O) groups is 2. The van der Waals surface area contributed by atoms with Crippen LogP contribution in [0, 0.1) is 0 Å². The Morgan fingerprint density at radius 3 is 2.82 bits per heavy atom. The minimum absolute atomic E-state index is 0.127. The van der Waals surface area contributed by atoms with Gasteiger partial charge in [-0.3, -0.25) is 14.5 Å². The van der Waals surface area contributed by atoms with E-state index in [1.165, 1.54) is 4.90 Å². The van der Waals surface area contributed by atoms with Crippen molar-refractivity contribution in [3.8, 4) is 0 Å². The largest absolute Gasteiger partial charge is 0.322 e. The van der Waals surface area contributed by atoms with Crippen molar-refractivity contribution < 1.29 is 9.59 Å². The van der Waals surface area contributed by atoms with Crippen molar-refractivity contribution in [3.63, 3.8) is 0 Å². The fourth-order valence-electron chi connectivity index (χ4n) is 2.03. The number of hydrogen-bond donors (Lipinski definition) is 1. The lowest BCUT2D eigenvalue weighted by atomic mass is 10.1. The van der Waals surface area contributed by atoms with Crippen molar-refractivity contribution in [2.75, 3.05) is 16.1 Å². The van der Waals surface area contributed by atoms with Gasteiger partial charge in [-0.15, -0.1) is 11.6 Å². The van der Waals surface area contributed by atoms with Gasteiger partial charge >= 0.3 is 0 Å². The third kappa shape index (κ3) is 2.00. The number of carbonyl (C=O) groups excluding carboxylic acids is 2. The number of amides is 2. The van der Waals surface area contributed by atoms with Gasteiger partial charge in [0, 0.05) is 0 Å². The van der Waals surface area contributed by atoms with Gasteiger partial charge in [0.15, 0.2) is 0 Å². The number of anilines is 2. The lowest BCUT2D eigenvalue weighted by Gasteiger charge is -2.35. The van der Waals surface area contributed by atoms with E-state index in [1.54, 1.807) is 6.07 Å². The molecule has 0 saturated carbocycles. The molecule has 1 heterocycles. The fourth-order valence-corrected chi connectivity index (χ4v) is 2.16.